The molecular formula is C6H7Cl2FO. The van der Waals surface area contributed by atoms with Gasteiger partial charge in [0.15, 0.2) is 5.83 Å². The Morgan fingerprint density at radius 3 is 2.60 bits per heavy atom. The van der Waals surface area contributed by atoms with Crippen molar-refractivity contribution in [3.63, 3.8) is 0 Å². The maximum absolute atomic E-state index is 12.7. The van der Waals surface area contributed by atoms with Gasteiger partial charge in [0.05, 0.1) is 0 Å². The molecule has 1 saturated heterocycles. The van der Waals surface area contributed by atoms with E-state index in [-0.39, 0.29) is 4.49 Å². The van der Waals surface area contributed by atoms with Gasteiger partial charge in [-0.3, -0.25) is 0 Å². The van der Waals surface area contributed by atoms with Crippen molar-refractivity contribution in [3.05, 3.63) is 10.3 Å². The van der Waals surface area contributed by atoms with Crippen molar-refractivity contribution in [1.82, 2.24) is 0 Å². The van der Waals surface area contributed by atoms with Crippen molar-refractivity contribution in [3.8, 4) is 0 Å². The third-order valence-corrected chi connectivity index (χ3v) is 1.75. The first-order valence-electron chi connectivity index (χ1n) is 3.04. The molecular weight excluding hydrogens is 178 g/mol. The molecule has 1 unspecified atom stereocenters. The average Bonchev–Trinajstić information content (AvgIpc) is 2.36. The predicted molar refractivity (Wildman–Crippen MR) is 38.8 cm³/mol. The Morgan fingerprint density at radius 1 is 1.50 bits per heavy atom. The van der Waals surface area contributed by atoms with Crippen LogP contribution in [-0.4, -0.2) is 12.7 Å². The minimum absolute atomic E-state index is 0.313. The molecule has 0 radical (unpaired) electrons. The maximum atomic E-state index is 12.7. The normalized spacial score (nSPS) is 24.9. The standard InChI is InChI=1S/C6H7Cl2FO/c7-6(8)5(9)4-2-1-3-10-4/h4H,1-3H2. The molecule has 1 aliphatic rings. The second-order valence-electron chi connectivity index (χ2n) is 2.11. The summed E-state index contributed by atoms with van der Waals surface area (Å²) in [5.41, 5.74) is 0. The second kappa shape index (κ2) is 3.56. The molecule has 1 fully saturated rings. The number of hydrogen-bond acceptors (Lipinski definition) is 1. The largest absolute Gasteiger partial charge is 0.371 e. The fraction of sp³-hybridized carbons (Fsp3) is 0.667. The molecule has 0 aliphatic carbocycles. The summed E-state index contributed by atoms with van der Waals surface area (Å²) in [5, 5.41) is 0. The molecule has 0 amide bonds. The maximum Gasteiger partial charge on any atom is 0.159 e. The van der Waals surface area contributed by atoms with Gasteiger partial charge >= 0.3 is 0 Å². The Bertz CT molecular complexity index is 148. The van der Waals surface area contributed by atoms with Crippen molar-refractivity contribution in [2.24, 2.45) is 0 Å². The van der Waals surface area contributed by atoms with E-state index in [1.165, 1.54) is 0 Å². The minimum atomic E-state index is -0.541. The lowest BCUT2D eigenvalue weighted by Crippen LogP contribution is -2.05. The van der Waals surface area contributed by atoms with Crippen LogP contribution in [0.5, 0.6) is 0 Å². The van der Waals surface area contributed by atoms with E-state index in [1.807, 2.05) is 0 Å². The lowest BCUT2D eigenvalue weighted by atomic mass is 10.2. The van der Waals surface area contributed by atoms with Gasteiger partial charge in [-0.2, -0.15) is 0 Å². The highest BCUT2D eigenvalue weighted by atomic mass is 35.5. The summed E-state index contributed by atoms with van der Waals surface area (Å²) in [7, 11) is 0. The molecule has 1 rings (SSSR count). The fourth-order valence-electron chi connectivity index (χ4n) is 0.899. The zero-order valence-corrected chi connectivity index (χ0v) is 6.75. The smallest absolute Gasteiger partial charge is 0.159 e. The molecule has 0 saturated carbocycles. The Morgan fingerprint density at radius 2 is 2.20 bits per heavy atom. The number of ether oxygens (including phenoxy) is 1. The van der Waals surface area contributed by atoms with Crippen molar-refractivity contribution in [2.75, 3.05) is 6.61 Å². The molecule has 0 bridgehead atoms. The molecule has 0 aromatic carbocycles. The number of halogens is 3. The van der Waals surface area contributed by atoms with Gasteiger partial charge in [-0.05, 0) is 12.8 Å². The molecule has 0 aromatic heterocycles. The van der Waals surface area contributed by atoms with Crippen LogP contribution in [0.4, 0.5) is 4.39 Å². The molecule has 58 valence electrons. The Balaban J connectivity index is 2.56. The van der Waals surface area contributed by atoms with Crippen LogP contribution in [0.1, 0.15) is 12.8 Å². The van der Waals surface area contributed by atoms with Crippen LogP contribution in [0, 0.1) is 0 Å². The summed E-state index contributed by atoms with van der Waals surface area (Å²) < 4.78 is 17.4. The highest BCUT2D eigenvalue weighted by molar-refractivity contribution is 6.56. The van der Waals surface area contributed by atoms with E-state index in [4.69, 9.17) is 27.9 Å². The average molecular weight is 185 g/mol. The monoisotopic (exact) mass is 184 g/mol. The summed E-state index contributed by atoms with van der Waals surface area (Å²) in [5.74, 6) is -0.541. The van der Waals surface area contributed by atoms with Gasteiger partial charge in [-0.25, -0.2) is 4.39 Å². The van der Waals surface area contributed by atoms with Gasteiger partial charge in [0, 0.05) is 6.61 Å². The molecule has 1 nitrogen and oxygen atoms in total. The summed E-state index contributed by atoms with van der Waals surface area (Å²) >= 11 is 10.4. The lowest BCUT2D eigenvalue weighted by molar-refractivity contribution is 0.119. The Kier molecular flexibility index (Phi) is 2.96. The first kappa shape index (κ1) is 8.31. The van der Waals surface area contributed by atoms with Crippen LogP contribution < -0.4 is 0 Å². The first-order valence-corrected chi connectivity index (χ1v) is 3.79. The van der Waals surface area contributed by atoms with Crippen LogP contribution in [-0.2, 0) is 4.74 Å². The predicted octanol–water partition coefficient (Wildman–Crippen LogP) is 2.78. The summed E-state index contributed by atoms with van der Waals surface area (Å²) in [6.45, 7) is 0.596. The summed E-state index contributed by atoms with van der Waals surface area (Å²) in [4.78, 5) is 0. The summed E-state index contributed by atoms with van der Waals surface area (Å²) in [6, 6.07) is 0. The van der Waals surface area contributed by atoms with E-state index in [0.717, 1.165) is 6.42 Å². The van der Waals surface area contributed by atoms with Gasteiger partial charge in [-0.15, -0.1) is 0 Å². The fourth-order valence-corrected chi connectivity index (χ4v) is 1.14. The van der Waals surface area contributed by atoms with Gasteiger partial charge in [0.25, 0.3) is 0 Å². The molecule has 1 aliphatic heterocycles. The zero-order valence-electron chi connectivity index (χ0n) is 5.24. The quantitative estimate of drug-likeness (QED) is 0.610. The second-order valence-corrected chi connectivity index (χ2v) is 3.06. The van der Waals surface area contributed by atoms with Crippen molar-refractivity contribution >= 4 is 23.2 Å². The molecule has 0 N–H and O–H groups in total. The van der Waals surface area contributed by atoms with E-state index in [1.54, 1.807) is 0 Å². The van der Waals surface area contributed by atoms with Crippen molar-refractivity contribution in [2.45, 2.75) is 18.9 Å². The molecule has 1 atom stereocenters. The number of hydrogen-bond donors (Lipinski definition) is 0. The molecule has 0 spiro atoms. The number of rotatable bonds is 1. The highest BCUT2D eigenvalue weighted by Crippen LogP contribution is 2.26. The zero-order chi connectivity index (χ0) is 7.56. The van der Waals surface area contributed by atoms with Crippen molar-refractivity contribution < 1.29 is 9.13 Å². The van der Waals surface area contributed by atoms with E-state index in [9.17, 15) is 4.39 Å². The first-order chi connectivity index (χ1) is 4.72. The van der Waals surface area contributed by atoms with Gasteiger partial charge < -0.3 is 4.74 Å². The van der Waals surface area contributed by atoms with Crippen LogP contribution in [0.3, 0.4) is 0 Å². The Hall–Kier alpha value is 0.210. The van der Waals surface area contributed by atoms with Gasteiger partial charge in [-0.1, -0.05) is 23.2 Å². The third-order valence-electron chi connectivity index (χ3n) is 1.39. The van der Waals surface area contributed by atoms with E-state index < -0.39 is 11.9 Å². The SMILES string of the molecule is FC(=C(Cl)Cl)C1CCCO1. The third kappa shape index (κ3) is 1.84. The van der Waals surface area contributed by atoms with Crippen molar-refractivity contribution in [1.29, 1.82) is 0 Å². The minimum Gasteiger partial charge on any atom is -0.371 e. The Labute approximate surface area is 68.8 Å². The lowest BCUT2D eigenvalue weighted by Gasteiger charge is -2.04. The topological polar surface area (TPSA) is 9.23 Å². The highest BCUT2D eigenvalue weighted by Gasteiger charge is 2.22. The van der Waals surface area contributed by atoms with E-state index in [0.29, 0.717) is 13.0 Å². The van der Waals surface area contributed by atoms with E-state index >= 15 is 0 Å². The van der Waals surface area contributed by atoms with Crippen LogP contribution in [0.15, 0.2) is 10.3 Å². The van der Waals surface area contributed by atoms with Crippen LogP contribution in [0.2, 0.25) is 0 Å². The van der Waals surface area contributed by atoms with E-state index in [2.05, 4.69) is 0 Å². The summed E-state index contributed by atoms with van der Waals surface area (Å²) in [6.07, 6.45) is 1.05. The van der Waals surface area contributed by atoms with Crippen LogP contribution >= 0.6 is 23.2 Å². The van der Waals surface area contributed by atoms with Crippen LogP contribution in [0.25, 0.3) is 0 Å². The molecule has 0 aromatic rings. The molecule has 10 heavy (non-hydrogen) atoms. The molecule has 1 heterocycles. The van der Waals surface area contributed by atoms with Gasteiger partial charge in [0.1, 0.15) is 10.6 Å². The van der Waals surface area contributed by atoms with Gasteiger partial charge in [0.2, 0.25) is 0 Å². The molecule has 4 heteroatoms.